The smallest absolute Gasteiger partial charge is 0.264 e. The van der Waals surface area contributed by atoms with Crippen molar-refractivity contribution in [2.75, 3.05) is 6.61 Å². The molecule has 1 N–H and O–H groups in total. The standard InChI is InChI=1S/C22H19FN6O3S/c23-15-5-3-14(4-6-15)18-10-17(19-2-1-9-33-19)26-29(18)20(31)12-27-13-24-21-16(22(27)32)11-25-28(21)7-8-30/h1-6,9,11,13,18,30H,7-8,10,12H2/t18-/m0/s1. The van der Waals surface area contributed by atoms with Crippen LogP contribution in [0.1, 0.15) is 22.9 Å². The average Bonchev–Trinajstić information content (AvgIpc) is 3.56. The van der Waals surface area contributed by atoms with Crippen LogP contribution >= 0.6 is 11.3 Å². The Hall–Kier alpha value is -3.70. The highest BCUT2D eigenvalue weighted by atomic mass is 32.1. The molecule has 0 saturated carbocycles. The van der Waals surface area contributed by atoms with Crippen LogP contribution in [0.5, 0.6) is 0 Å². The lowest BCUT2D eigenvalue weighted by Crippen LogP contribution is -2.34. The minimum absolute atomic E-state index is 0.135. The SMILES string of the molecule is O=C(Cn1cnc2c(cnn2CCO)c1=O)N1N=C(c2cccs2)C[C@H]1c1ccc(F)cc1. The Labute approximate surface area is 191 Å². The van der Waals surface area contributed by atoms with Crippen molar-refractivity contribution in [3.05, 3.63) is 80.9 Å². The van der Waals surface area contributed by atoms with E-state index in [-0.39, 0.29) is 36.8 Å². The fourth-order valence-corrected chi connectivity index (χ4v) is 4.58. The molecule has 0 spiro atoms. The van der Waals surface area contributed by atoms with Crippen LogP contribution in [0.2, 0.25) is 0 Å². The van der Waals surface area contributed by atoms with Gasteiger partial charge in [0.2, 0.25) is 0 Å². The van der Waals surface area contributed by atoms with Gasteiger partial charge in [0.05, 0.1) is 36.0 Å². The molecule has 0 unspecified atom stereocenters. The number of benzene rings is 1. The number of hydrogen-bond donors (Lipinski definition) is 1. The van der Waals surface area contributed by atoms with Crippen LogP contribution in [0.4, 0.5) is 4.39 Å². The van der Waals surface area contributed by atoms with Crippen LogP contribution in [0, 0.1) is 5.82 Å². The van der Waals surface area contributed by atoms with E-state index in [1.54, 1.807) is 12.1 Å². The molecule has 4 heterocycles. The molecular weight excluding hydrogens is 447 g/mol. The topological polar surface area (TPSA) is 106 Å². The third-order valence-corrected chi connectivity index (χ3v) is 6.38. The molecule has 168 valence electrons. The quantitative estimate of drug-likeness (QED) is 0.469. The summed E-state index contributed by atoms with van der Waals surface area (Å²) < 4.78 is 16.1. The maximum atomic E-state index is 13.5. The first-order chi connectivity index (χ1) is 16.0. The zero-order chi connectivity index (χ0) is 22.9. The summed E-state index contributed by atoms with van der Waals surface area (Å²) in [4.78, 5) is 31.4. The molecule has 4 aromatic rings. The third kappa shape index (κ3) is 3.96. The Morgan fingerprint density at radius 1 is 1.24 bits per heavy atom. The molecule has 0 aliphatic carbocycles. The number of halogens is 1. The van der Waals surface area contributed by atoms with Gasteiger partial charge >= 0.3 is 0 Å². The number of aromatic nitrogens is 4. The number of amides is 1. The second-order valence-electron chi connectivity index (χ2n) is 7.54. The van der Waals surface area contributed by atoms with E-state index in [1.807, 2.05) is 17.5 Å². The maximum absolute atomic E-state index is 13.5. The van der Waals surface area contributed by atoms with Gasteiger partial charge in [0.1, 0.15) is 24.1 Å². The van der Waals surface area contributed by atoms with Crippen molar-refractivity contribution < 1.29 is 14.3 Å². The van der Waals surface area contributed by atoms with Crippen molar-refractivity contribution in [2.24, 2.45) is 5.10 Å². The fourth-order valence-electron chi connectivity index (χ4n) is 3.86. The Morgan fingerprint density at radius 3 is 2.79 bits per heavy atom. The third-order valence-electron chi connectivity index (χ3n) is 5.47. The van der Waals surface area contributed by atoms with Crippen LogP contribution in [0.25, 0.3) is 11.0 Å². The van der Waals surface area contributed by atoms with Crippen LogP contribution in [-0.4, -0.2) is 47.7 Å². The summed E-state index contributed by atoms with van der Waals surface area (Å²) in [5.41, 5.74) is 1.46. The number of rotatable bonds is 6. The second kappa shape index (κ2) is 8.68. The summed E-state index contributed by atoms with van der Waals surface area (Å²) in [6, 6.07) is 9.43. The summed E-state index contributed by atoms with van der Waals surface area (Å²) >= 11 is 1.53. The summed E-state index contributed by atoms with van der Waals surface area (Å²) in [5.74, 6) is -0.747. The molecule has 9 nitrogen and oxygen atoms in total. The fraction of sp³-hybridized carbons (Fsp3) is 0.227. The van der Waals surface area contributed by atoms with Crippen LogP contribution < -0.4 is 5.56 Å². The molecular formula is C22H19FN6O3S. The number of hydrazone groups is 1. The molecule has 1 aliphatic rings. The van der Waals surface area contributed by atoms with E-state index in [9.17, 15) is 14.0 Å². The van der Waals surface area contributed by atoms with E-state index in [0.29, 0.717) is 12.1 Å². The summed E-state index contributed by atoms with van der Waals surface area (Å²) in [7, 11) is 0. The molecule has 0 bridgehead atoms. The number of fused-ring (bicyclic) bond motifs is 1. The molecule has 1 aliphatic heterocycles. The lowest BCUT2D eigenvalue weighted by molar-refractivity contribution is -0.133. The number of carbonyl (C=O) groups is 1. The van der Waals surface area contributed by atoms with Gasteiger partial charge in [-0.3, -0.25) is 14.2 Å². The minimum Gasteiger partial charge on any atom is -0.394 e. The molecule has 1 atom stereocenters. The number of hydrogen-bond acceptors (Lipinski definition) is 7. The highest BCUT2D eigenvalue weighted by molar-refractivity contribution is 7.12. The van der Waals surface area contributed by atoms with Gasteiger partial charge in [-0.2, -0.15) is 10.2 Å². The molecule has 1 aromatic carbocycles. The first kappa shape index (κ1) is 21.2. The molecule has 0 fully saturated rings. The van der Waals surface area contributed by atoms with Crippen molar-refractivity contribution >= 4 is 34.0 Å². The highest BCUT2D eigenvalue weighted by Crippen LogP contribution is 2.34. The van der Waals surface area contributed by atoms with Crippen LogP contribution in [-0.2, 0) is 17.9 Å². The van der Waals surface area contributed by atoms with Crippen molar-refractivity contribution in [3.63, 3.8) is 0 Å². The first-order valence-corrected chi connectivity index (χ1v) is 11.1. The van der Waals surface area contributed by atoms with E-state index in [1.165, 1.54) is 50.3 Å². The zero-order valence-electron chi connectivity index (χ0n) is 17.3. The largest absolute Gasteiger partial charge is 0.394 e. The highest BCUT2D eigenvalue weighted by Gasteiger charge is 2.33. The van der Waals surface area contributed by atoms with Crippen molar-refractivity contribution in [1.29, 1.82) is 0 Å². The van der Waals surface area contributed by atoms with Crippen LogP contribution in [0.15, 0.2) is 64.2 Å². The number of nitrogens with zero attached hydrogens (tertiary/aromatic N) is 6. The minimum atomic E-state index is -0.408. The van der Waals surface area contributed by atoms with Gasteiger partial charge in [-0.05, 0) is 29.1 Å². The Bertz CT molecular complexity index is 1390. The summed E-state index contributed by atoms with van der Waals surface area (Å²) in [6.45, 7) is -0.178. The predicted octanol–water partition coefficient (Wildman–Crippen LogP) is 2.16. The maximum Gasteiger partial charge on any atom is 0.264 e. The Morgan fingerprint density at radius 2 is 2.06 bits per heavy atom. The normalized spacial score (nSPS) is 15.9. The molecule has 1 amide bonds. The van der Waals surface area contributed by atoms with E-state index in [0.717, 1.165) is 16.2 Å². The van der Waals surface area contributed by atoms with Crippen molar-refractivity contribution in [1.82, 2.24) is 24.3 Å². The molecule has 11 heteroatoms. The van der Waals surface area contributed by atoms with Gasteiger partial charge in [-0.15, -0.1) is 11.3 Å². The van der Waals surface area contributed by atoms with Gasteiger partial charge in [-0.1, -0.05) is 18.2 Å². The second-order valence-corrected chi connectivity index (χ2v) is 8.49. The molecule has 5 rings (SSSR count). The Kier molecular flexibility index (Phi) is 5.56. The van der Waals surface area contributed by atoms with Gasteiger partial charge < -0.3 is 5.11 Å². The Balaban J connectivity index is 1.46. The van der Waals surface area contributed by atoms with Crippen molar-refractivity contribution in [3.8, 4) is 0 Å². The first-order valence-electron chi connectivity index (χ1n) is 10.3. The van der Waals surface area contributed by atoms with E-state index < -0.39 is 11.6 Å². The zero-order valence-corrected chi connectivity index (χ0v) is 18.2. The van der Waals surface area contributed by atoms with Gasteiger partial charge in [0.25, 0.3) is 11.5 Å². The number of thiophene rings is 1. The van der Waals surface area contributed by atoms with Crippen molar-refractivity contribution in [2.45, 2.75) is 25.6 Å². The summed E-state index contributed by atoms with van der Waals surface area (Å²) in [6.07, 6.45) is 3.16. The molecule has 0 saturated heterocycles. The lowest BCUT2D eigenvalue weighted by Gasteiger charge is -2.22. The number of aliphatic hydroxyl groups is 1. The molecule has 33 heavy (non-hydrogen) atoms. The number of carbonyl (C=O) groups excluding carboxylic acids is 1. The van der Waals surface area contributed by atoms with Gasteiger partial charge in [0.15, 0.2) is 5.65 Å². The number of aliphatic hydroxyl groups excluding tert-OH is 1. The van der Waals surface area contributed by atoms with Gasteiger partial charge in [-0.25, -0.2) is 19.1 Å². The average molecular weight is 466 g/mol. The van der Waals surface area contributed by atoms with E-state index in [2.05, 4.69) is 15.2 Å². The summed E-state index contributed by atoms with van der Waals surface area (Å²) in [5, 5.41) is 21.3. The monoisotopic (exact) mass is 466 g/mol. The molecule has 0 radical (unpaired) electrons. The van der Waals surface area contributed by atoms with Gasteiger partial charge in [0, 0.05) is 6.42 Å². The molecule has 3 aromatic heterocycles. The van der Waals surface area contributed by atoms with Crippen LogP contribution in [0.3, 0.4) is 0 Å². The van der Waals surface area contributed by atoms with E-state index in [4.69, 9.17) is 5.11 Å². The predicted molar refractivity (Wildman–Crippen MR) is 120 cm³/mol. The lowest BCUT2D eigenvalue weighted by atomic mass is 10.0. The van der Waals surface area contributed by atoms with E-state index >= 15 is 0 Å².